The number of carbonyl (C=O) groups is 1. The maximum Gasteiger partial charge on any atom is 0.223 e. The van der Waals surface area contributed by atoms with Crippen LogP contribution in [0.2, 0.25) is 0 Å². The number of hydrogen-bond acceptors (Lipinski definition) is 1. The molecule has 0 aromatic carbocycles. The zero-order chi connectivity index (χ0) is 7.56. The van der Waals surface area contributed by atoms with E-state index in [4.69, 9.17) is 0 Å². The molecule has 58 valence electrons. The van der Waals surface area contributed by atoms with E-state index in [0.717, 1.165) is 19.3 Å². The highest BCUT2D eigenvalue weighted by molar-refractivity contribution is 5.79. The summed E-state index contributed by atoms with van der Waals surface area (Å²) in [6.07, 6.45) is 3.20. The van der Waals surface area contributed by atoms with E-state index in [1.807, 2.05) is 0 Å². The van der Waals surface area contributed by atoms with Crippen LogP contribution in [-0.2, 0) is 4.79 Å². The van der Waals surface area contributed by atoms with Gasteiger partial charge in [-0.25, -0.2) is 0 Å². The molecule has 1 aliphatic heterocycles. The Bertz CT molecular complexity index is 133. The minimum atomic E-state index is 0.251. The molecule has 2 atom stereocenters. The van der Waals surface area contributed by atoms with Gasteiger partial charge in [0.15, 0.2) is 0 Å². The lowest BCUT2D eigenvalue weighted by atomic mass is 9.93. The first-order valence-electron chi connectivity index (χ1n) is 4.04. The van der Waals surface area contributed by atoms with Gasteiger partial charge in [-0.05, 0) is 26.2 Å². The highest BCUT2D eigenvalue weighted by atomic mass is 16.2. The van der Waals surface area contributed by atoms with E-state index in [0.29, 0.717) is 6.04 Å². The van der Waals surface area contributed by atoms with Crippen LogP contribution < -0.4 is 5.32 Å². The zero-order valence-corrected chi connectivity index (χ0v) is 6.68. The Kier molecular flexibility index (Phi) is 2.30. The van der Waals surface area contributed by atoms with Crippen LogP contribution >= 0.6 is 0 Å². The monoisotopic (exact) mass is 141 g/mol. The van der Waals surface area contributed by atoms with Crippen LogP contribution in [0.1, 0.15) is 33.1 Å². The molecular formula is C8H15NO. The van der Waals surface area contributed by atoms with E-state index in [1.165, 1.54) is 0 Å². The van der Waals surface area contributed by atoms with E-state index in [-0.39, 0.29) is 11.8 Å². The third-order valence-electron chi connectivity index (χ3n) is 2.20. The van der Waals surface area contributed by atoms with Gasteiger partial charge in [-0.3, -0.25) is 4.79 Å². The molecule has 0 spiro atoms. The van der Waals surface area contributed by atoms with Crippen LogP contribution in [0.25, 0.3) is 0 Å². The summed E-state index contributed by atoms with van der Waals surface area (Å²) in [7, 11) is 0. The highest BCUT2D eigenvalue weighted by Crippen LogP contribution is 2.17. The third-order valence-corrected chi connectivity index (χ3v) is 2.20. The van der Waals surface area contributed by atoms with Crippen molar-refractivity contribution < 1.29 is 4.79 Å². The van der Waals surface area contributed by atoms with E-state index in [1.54, 1.807) is 0 Å². The molecule has 1 aliphatic rings. The molecule has 1 fully saturated rings. The van der Waals surface area contributed by atoms with Crippen molar-refractivity contribution in [3.63, 3.8) is 0 Å². The molecular weight excluding hydrogens is 126 g/mol. The molecule has 1 saturated heterocycles. The minimum absolute atomic E-state index is 0.251. The summed E-state index contributed by atoms with van der Waals surface area (Å²) in [5.41, 5.74) is 0. The Morgan fingerprint density at radius 3 is 2.80 bits per heavy atom. The van der Waals surface area contributed by atoms with Crippen molar-refractivity contribution >= 4 is 5.91 Å². The molecule has 0 radical (unpaired) electrons. The van der Waals surface area contributed by atoms with Crippen molar-refractivity contribution in [3.05, 3.63) is 0 Å². The fraction of sp³-hybridized carbons (Fsp3) is 0.875. The van der Waals surface area contributed by atoms with E-state index < -0.39 is 0 Å². The van der Waals surface area contributed by atoms with Crippen molar-refractivity contribution in [3.8, 4) is 0 Å². The summed E-state index contributed by atoms with van der Waals surface area (Å²) in [6, 6.07) is 0.398. The van der Waals surface area contributed by atoms with E-state index in [9.17, 15) is 4.79 Å². The number of piperidine rings is 1. The van der Waals surface area contributed by atoms with Gasteiger partial charge >= 0.3 is 0 Å². The lowest BCUT2D eigenvalue weighted by molar-refractivity contribution is -0.127. The normalized spacial score (nSPS) is 33.6. The van der Waals surface area contributed by atoms with Crippen LogP contribution in [0.4, 0.5) is 0 Å². The van der Waals surface area contributed by atoms with Crippen LogP contribution in [0.3, 0.4) is 0 Å². The first-order valence-corrected chi connectivity index (χ1v) is 4.04. The quantitative estimate of drug-likeness (QED) is 0.586. The molecule has 1 rings (SSSR count). The predicted molar refractivity (Wildman–Crippen MR) is 40.6 cm³/mol. The first-order chi connectivity index (χ1) is 4.74. The summed E-state index contributed by atoms with van der Waals surface area (Å²) in [4.78, 5) is 11.1. The van der Waals surface area contributed by atoms with Gasteiger partial charge in [-0.2, -0.15) is 0 Å². The van der Waals surface area contributed by atoms with Crippen molar-refractivity contribution in [2.75, 3.05) is 0 Å². The third kappa shape index (κ3) is 1.49. The molecule has 2 heteroatoms. The van der Waals surface area contributed by atoms with Gasteiger partial charge in [0, 0.05) is 12.0 Å². The predicted octanol–water partition coefficient (Wildman–Crippen LogP) is 1.31. The second kappa shape index (κ2) is 3.04. The standard InChI is InChI=1S/C8H15NO/c1-3-7-5-4-6(2)9-8(7)10/h6-7H,3-5H2,1-2H3,(H,9,10)/t6-,7+/m1/s1. The molecule has 2 nitrogen and oxygen atoms in total. The molecule has 0 aromatic heterocycles. The van der Waals surface area contributed by atoms with Crippen LogP contribution in [0, 0.1) is 5.92 Å². The Hall–Kier alpha value is -0.530. The van der Waals surface area contributed by atoms with Crippen molar-refractivity contribution in [1.82, 2.24) is 5.32 Å². The number of carbonyl (C=O) groups excluding carboxylic acids is 1. The lowest BCUT2D eigenvalue weighted by Crippen LogP contribution is -2.42. The average Bonchev–Trinajstić information content (AvgIpc) is 1.88. The molecule has 10 heavy (non-hydrogen) atoms. The van der Waals surface area contributed by atoms with Gasteiger partial charge < -0.3 is 5.32 Å². The number of hydrogen-bond donors (Lipinski definition) is 1. The van der Waals surface area contributed by atoms with Crippen molar-refractivity contribution in [1.29, 1.82) is 0 Å². The topological polar surface area (TPSA) is 29.1 Å². The SMILES string of the molecule is CC[C@H]1CC[C@@H](C)NC1=O. The fourth-order valence-corrected chi connectivity index (χ4v) is 1.40. The molecule has 1 N–H and O–H groups in total. The van der Waals surface area contributed by atoms with Gasteiger partial charge in [0.05, 0.1) is 0 Å². The first kappa shape index (κ1) is 7.58. The Morgan fingerprint density at radius 2 is 2.30 bits per heavy atom. The Labute approximate surface area is 62.0 Å². The van der Waals surface area contributed by atoms with Crippen molar-refractivity contribution in [2.24, 2.45) is 5.92 Å². The Morgan fingerprint density at radius 1 is 1.60 bits per heavy atom. The van der Waals surface area contributed by atoms with E-state index >= 15 is 0 Å². The molecule has 1 heterocycles. The summed E-state index contributed by atoms with van der Waals surface area (Å²) in [6.45, 7) is 4.13. The second-order valence-electron chi connectivity index (χ2n) is 3.09. The van der Waals surface area contributed by atoms with Crippen LogP contribution in [0.15, 0.2) is 0 Å². The number of rotatable bonds is 1. The zero-order valence-electron chi connectivity index (χ0n) is 6.68. The highest BCUT2D eigenvalue weighted by Gasteiger charge is 2.23. The van der Waals surface area contributed by atoms with E-state index in [2.05, 4.69) is 19.2 Å². The van der Waals surface area contributed by atoms with Gasteiger partial charge in [-0.1, -0.05) is 6.92 Å². The average molecular weight is 141 g/mol. The molecule has 0 unspecified atom stereocenters. The number of amides is 1. The second-order valence-corrected chi connectivity index (χ2v) is 3.09. The van der Waals surface area contributed by atoms with Crippen molar-refractivity contribution in [2.45, 2.75) is 39.2 Å². The maximum absolute atomic E-state index is 11.1. The molecule has 0 bridgehead atoms. The summed E-state index contributed by atoms with van der Waals surface area (Å²) >= 11 is 0. The van der Waals surface area contributed by atoms with Crippen LogP contribution in [0.5, 0.6) is 0 Å². The minimum Gasteiger partial charge on any atom is -0.353 e. The largest absolute Gasteiger partial charge is 0.353 e. The van der Waals surface area contributed by atoms with Gasteiger partial charge in [-0.15, -0.1) is 0 Å². The molecule has 1 amide bonds. The summed E-state index contributed by atoms with van der Waals surface area (Å²) in [5.74, 6) is 0.539. The van der Waals surface area contributed by atoms with Gasteiger partial charge in [0.1, 0.15) is 0 Å². The Balaban J connectivity index is 2.43. The van der Waals surface area contributed by atoms with Gasteiger partial charge in [0.25, 0.3) is 0 Å². The summed E-state index contributed by atoms with van der Waals surface area (Å²) < 4.78 is 0. The fourth-order valence-electron chi connectivity index (χ4n) is 1.40. The molecule has 0 saturated carbocycles. The smallest absolute Gasteiger partial charge is 0.223 e. The maximum atomic E-state index is 11.1. The molecule has 0 aromatic rings. The summed E-state index contributed by atoms with van der Waals surface area (Å²) in [5, 5.41) is 2.94. The number of nitrogens with one attached hydrogen (secondary N) is 1. The van der Waals surface area contributed by atoms with Gasteiger partial charge in [0.2, 0.25) is 5.91 Å². The van der Waals surface area contributed by atoms with Crippen LogP contribution in [-0.4, -0.2) is 11.9 Å². The molecule has 0 aliphatic carbocycles. The lowest BCUT2D eigenvalue weighted by Gasteiger charge is -2.25.